The van der Waals surface area contributed by atoms with Gasteiger partial charge in [0.25, 0.3) is 5.56 Å². The Bertz CT molecular complexity index is 1170. The van der Waals surface area contributed by atoms with Crippen LogP contribution in [0.3, 0.4) is 0 Å². The maximum atomic E-state index is 14.1. The molecule has 8 heteroatoms. The van der Waals surface area contributed by atoms with Crippen LogP contribution >= 0.6 is 0 Å². The summed E-state index contributed by atoms with van der Waals surface area (Å²) in [6, 6.07) is 6.63. The smallest absolute Gasteiger partial charge is 0.251 e. The second kappa shape index (κ2) is 10.5. The van der Waals surface area contributed by atoms with Gasteiger partial charge >= 0.3 is 0 Å². The topological polar surface area (TPSA) is 83.4 Å². The normalized spacial score (nSPS) is 19.0. The van der Waals surface area contributed by atoms with Gasteiger partial charge in [-0.2, -0.15) is 0 Å². The van der Waals surface area contributed by atoms with E-state index in [1.54, 1.807) is 47.8 Å². The van der Waals surface area contributed by atoms with Crippen LogP contribution in [0.1, 0.15) is 64.0 Å². The van der Waals surface area contributed by atoms with E-state index in [0.717, 1.165) is 43.2 Å². The van der Waals surface area contributed by atoms with Crippen LogP contribution in [0.4, 0.5) is 10.1 Å². The molecule has 4 rings (SSSR count). The van der Waals surface area contributed by atoms with Crippen molar-refractivity contribution in [2.45, 2.75) is 76.9 Å². The molecular weight excluding hydrogens is 459 g/mol. The molecule has 1 saturated carbocycles. The molecule has 1 aliphatic heterocycles. The van der Waals surface area contributed by atoms with E-state index in [1.165, 1.54) is 12.1 Å². The molecule has 194 valence electrons. The summed E-state index contributed by atoms with van der Waals surface area (Å²) in [4.78, 5) is 41.6. The van der Waals surface area contributed by atoms with Crippen molar-refractivity contribution in [1.29, 1.82) is 0 Å². The molecule has 0 spiro atoms. The third-order valence-electron chi connectivity index (χ3n) is 7.72. The SMILES string of the molecule is CN[C@@H](C)C(=O)N[C@H](C(=O)N1CC(C)(C)c2cc(=O)n(Cc3ccc(F)cc3)cc21)C1CCCCC1. The third-order valence-corrected chi connectivity index (χ3v) is 7.72. The van der Waals surface area contributed by atoms with Gasteiger partial charge in [-0.05, 0) is 56.0 Å². The summed E-state index contributed by atoms with van der Waals surface area (Å²) in [6.07, 6.45) is 6.78. The number of carbonyl (C=O) groups excluding carboxylic acids is 2. The van der Waals surface area contributed by atoms with E-state index in [0.29, 0.717) is 12.2 Å². The van der Waals surface area contributed by atoms with Crippen LogP contribution in [0.15, 0.2) is 41.3 Å². The molecule has 1 aliphatic carbocycles. The zero-order valence-electron chi connectivity index (χ0n) is 21.6. The summed E-state index contributed by atoms with van der Waals surface area (Å²) in [7, 11) is 1.72. The van der Waals surface area contributed by atoms with Crippen LogP contribution in [0.25, 0.3) is 0 Å². The lowest BCUT2D eigenvalue weighted by molar-refractivity contribution is -0.130. The number of hydrogen-bond donors (Lipinski definition) is 2. The zero-order chi connectivity index (χ0) is 26.0. The van der Waals surface area contributed by atoms with Gasteiger partial charge in [0.15, 0.2) is 0 Å². The van der Waals surface area contributed by atoms with Crippen LogP contribution in [0.5, 0.6) is 0 Å². The Balaban J connectivity index is 1.68. The second-order valence-electron chi connectivity index (χ2n) is 10.9. The van der Waals surface area contributed by atoms with Gasteiger partial charge in [0.2, 0.25) is 11.8 Å². The van der Waals surface area contributed by atoms with E-state index >= 15 is 0 Å². The molecule has 2 aliphatic rings. The average Bonchev–Trinajstić information content (AvgIpc) is 3.13. The number of aromatic nitrogens is 1. The van der Waals surface area contributed by atoms with Gasteiger partial charge in [-0.3, -0.25) is 14.4 Å². The number of nitrogens with zero attached hydrogens (tertiary/aromatic N) is 2. The Morgan fingerprint density at radius 1 is 1.14 bits per heavy atom. The number of anilines is 1. The number of halogens is 1. The Kier molecular flexibility index (Phi) is 7.64. The lowest BCUT2D eigenvalue weighted by atomic mass is 9.83. The van der Waals surface area contributed by atoms with Crippen molar-refractivity contribution in [2.24, 2.45) is 5.92 Å². The van der Waals surface area contributed by atoms with Crippen molar-refractivity contribution in [2.75, 3.05) is 18.5 Å². The van der Waals surface area contributed by atoms with Crippen LogP contribution < -0.4 is 21.1 Å². The highest BCUT2D eigenvalue weighted by atomic mass is 19.1. The fourth-order valence-electron chi connectivity index (χ4n) is 5.42. The predicted octanol–water partition coefficient (Wildman–Crippen LogP) is 3.33. The first kappa shape index (κ1) is 26.1. The summed E-state index contributed by atoms with van der Waals surface area (Å²) >= 11 is 0. The molecule has 2 N–H and O–H groups in total. The van der Waals surface area contributed by atoms with E-state index in [-0.39, 0.29) is 35.7 Å². The van der Waals surface area contributed by atoms with E-state index in [2.05, 4.69) is 10.6 Å². The molecule has 2 heterocycles. The molecule has 7 nitrogen and oxygen atoms in total. The van der Waals surface area contributed by atoms with Crippen molar-refractivity contribution in [3.8, 4) is 0 Å². The van der Waals surface area contributed by atoms with E-state index < -0.39 is 17.5 Å². The molecular formula is C28H37FN4O3. The lowest BCUT2D eigenvalue weighted by Crippen LogP contribution is -2.56. The van der Waals surface area contributed by atoms with E-state index in [1.807, 2.05) is 13.8 Å². The first-order valence-corrected chi connectivity index (χ1v) is 12.9. The van der Waals surface area contributed by atoms with Gasteiger partial charge in [-0.25, -0.2) is 4.39 Å². The highest BCUT2D eigenvalue weighted by Gasteiger charge is 2.43. The van der Waals surface area contributed by atoms with Crippen molar-refractivity contribution in [3.05, 3.63) is 63.8 Å². The maximum absolute atomic E-state index is 14.1. The minimum Gasteiger partial charge on any atom is -0.343 e. The van der Waals surface area contributed by atoms with Gasteiger partial charge in [-0.1, -0.05) is 45.2 Å². The molecule has 0 unspecified atom stereocenters. The average molecular weight is 497 g/mol. The number of hydrogen-bond acceptors (Lipinski definition) is 4. The molecule has 0 radical (unpaired) electrons. The maximum Gasteiger partial charge on any atom is 0.251 e. The van der Waals surface area contributed by atoms with Gasteiger partial charge < -0.3 is 20.1 Å². The van der Waals surface area contributed by atoms with Crippen molar-refractivity contribution in [1.82, 2.24) is 15.2 Å². The number of rotatable bonds is 7. The highest BCUT2D eigenvalue weighted by Crippen LogP contribution is 2.40. The fourth-order valence-corrected chi connectivity index (χ4v) is 5.42. The predicted molar refractivity (Wildman–Crippen MR) is 139 cm³/mol. The van der Waals surface area contributed by atoms with Crippen LogP contribution in [-0.4, -0.2) is 42.1 Å². The number of carbonyl (C=O) groups is 2. The van der Waals surface area contributed by atoms with Crippen molar-refractivity contribution >= 4 is 17.5 Å². The zero-order valence-corrected chi connectivity index (χ0v) is 21.6. The van der Waals surface area contributed by atoms with Crippen molar-refractivity contribution in [3.63, 3.8) is 0 Å². The molecule has 2 aromatic rings. The first-order valence-electron chi connectivity index (χ1n) is 12.9. The summed E-state index contributed by atoms with van der Waals surface area (Å²) in [5.41, 5.74) is 1.75. The molecule has 36 heavy (non-hydrogen) atoms. The molecule has 0 bridgehead atoms. The molecule has 1 aromatic heterocycles. The van der Waals surface area contributed by atoms with Gasteiger partial charge in [0, 0.05) is 24.2 Å². The first-order chi connectivity index (χ1) is 17.1. The number of amides is 2. The molecule has 1 aromatic carbocycles. The third kappa shape index (κ3) is 5.38. The lowest BCUT2D eigenvalue weighted by Gasteiger charge is -2.34. The van der Waals surface area contributed by atoms with Gasteiger partial charge in [0.1, 0.15) is 11.9 Å². The van der Waals surface area contributed by atoms with Gasteiger partial charge in [-0.15, -0.1) is 0 Å². The standard InChI is InChI=1S/C28H37FN4O3/c1-18(30-4)26(35)31-25(20-8-6-5-7-9-20)27(36)33-17-28(2,3)22-14-24(34)32(16-23(22)33)15-19-10-12-21(29)13-11-19/h10-14,16,18,20,25,30H,5-9,15,17H2,1-4H3,(H,31,35)/t18-,25-/m0/s1. The summed E-state index contributed by atoms with van der Waals surface area (Å²) in [5, 5.41) is 6.00. The molecule has 0 saturated heterocycles. The fraction of sp³-hybridized carbons (Fsp3) is 0.536. The highest BCUT2D eigenvalue weighted by molar-refractivity contribution is 6.01. The molecule has 2 atom stereocenters. The number of fused-ring (bicyclic) bond motifs is 1. The summed E-state index contributed by atoms with van der Waals surface area (Å²) in [5.74, 6) is -0.572. The molecule has 1 fully saturated rings. The number of nitrogens with one attached hydrogen (secondary N) is 2. The Morgan fingerprint density at radius 2 is 1.81 bits per heavy atom. The van der Waals surface area contributed by atoms with Crippen LogP contribution in [-0.2, 0) is 21.5 Å². The molecule has 2 amide bonds. The van der Waals surface area contributed by atoms with E-state index in [9.17, 15) is 18.8 Å². The van der Waals surface area contributed by atoms with Crippen molar-refractivity contribution < 1.29 is 14.0 Å². The Labute approximate surface area is 212 Å². The summed E-state index contributed by atoms with van der Waals surface area (Å²) in [6.45, 7) is 6.54. The Hall–Kier alpha value is -3.00. The largest absolute Gasteiger partial charge is 0.343 e. The monoisotopic (exact) mass is 496 g/mol. The number of likely N-dealkylation sites (N-methyl/N-ethyl adjacent to an activating group) is 1. The minimum absolute atomic E-state index is 0.0801. The second-order valence-corrected chi connectivity index (χ2v) is 10.9. The number of benzene rings is 1. The summed E-state index contributed by atoms with van der Waals surface area (Å²) < 4.78 is 14.9. The van der Waals surface area contributed by atoms with E-state index in [4.69, 9.17) is 0 Å². The minimum atomic E-state index is -0.618. The van der Waals surface area contributed by atoms with Crippen LogP contribution in [0, 0.1) is 11.7 Å². The van der Waals surface area contributed by atoms with Gasteiger partial charge in [0.05, 0.1) is 18.3 Å². The van der Waals surface area contributed by atoms with Crippen LogP contribution in [0.2, 0.25) is 0 Å². The quantitative estimate of drug-likeness (QED) is 0.616. The number of pyridine rings is 1. The Morgan fingerprint density at radius 3 is 2.44 bits per heavy atom.